The lowest BCUT2D eigenvalue weighted by molar-refractivity contribution is -0.870. The van der Waals surface area contributed by atoms with Crippen LogP contribution in [0.5, 0.6) is 0 Å². The average Bonchev–Trinajstić information content (AvgIpc) is 3.12. The second-order valence-corrected chi connectivity index (χ2v) is 17.0. The molecule has 10 nitrogen and oxygen atoms in total. The number of aliphatic hydroxyl groups is 1. The maximum atomic E-state index is 12.7. The van der Waals surface area contributed by atoms with E-state index in [1.54, 1.807) is 12.2 Å². The minimum Gasteiger partial charge on any atom is -0.756 e. The first-order chi connectivity index (χ1) is 26.4. The highest BCUT2D eigenvalue weighted by Crippen LogP contribution is 2.38. The van der Waals surface area contributed by atoms with Crippen molar-refractivity contribution < 1.29 is 47.2 Å². The summed E-state index contributed by atoms with van der Waals surface area (Å²) in [7, 11) is 1.05. The minimum atomic E-state index is -4.68. The predicted octanol–water partition coefficient (Wildman–Crippen LogP) is 10.2. The lowest BCUT2D eigenvalue weighted by atomic mass is 10.0. The van der Waals surface area contributed by atoms with Gasteiger partial charge in [-0.05, 0) is 44.9 Å². The van der Waals surface area contributed by atoms with Crippen LogP contribution in [0.2, 0.25) is 0 Å². The molecule has 320 valence electrons. The molecule has 0 saturated carbocycles. The quantitative estimate of drug-likeness (QED) is 0.0162. The summed E-state index contributed by atoms with van der Waals surface area (Å²) in [6.45, 7) is 3.96. The largest absolute Gasteiger partial charge is 0.756 e. The Balaban J connectivity index is 4.59. The van der Waals surface area contributed by atoms with Gasteiger partial charge in [-0.1, -0.05) is 152 Å². The van der Waals surface area contributed by atoms with E-state index in [0.717, 1.165) is 38.5 Å². The molecule has 0 spiro atoms. The van der Waals surface area contributed by atoms with Crippen LogP contribution in [0.3, 0.4) is 0 Å². The first kappa shape index (κ1) is 52.9. The highest BCUT2D eigenvalue weighted by atomic mass is 31.2. The number of likely N-dealkylation sites (N-methyl/N-ethyl adjacent to an activating group) is 1. The topological polar surface area (TPSA) is 131 Å². The lowest BCUT2D eigenvalue weighted by Gasteiger charge is -2.28. The summed E-state index contributed by atoms with van der Waals surface area (Å²) in [5.74, 6) is -1.04. The Morgan fingerprint density at radius 3 is 1.84 bits per heavy atom. The zero-order valence-corrected chi connectivity index (χ0v) is 36.4. The monoisotopic (exact) mass is 798 g/mol. The number of phosphoric ester groups is 1. The van der Waals surface area contributed by atoms with Crippen molar-refractivity contribution in [1.29, 1.82) is 0 Å². The summed E-state index contributed by atoms with van der Waals surface area (Å²) in [5.41, 5.74) is 0. The Hall–Kier alpha value is -2.07. The summed E-state index contributed by atoms with van der Waals surface area (Å²) in [5, 5.41) is 10.3. The molecule has 0 rings (SSSR count). The van der Waals surface area contributed by atoms with Gasteiger partial charge in [-0.2, -0.15) is 0 Å². The number of phosphoric acid groups is 1. The molecule has 0 amide bonds. The van der Waals surface area contributed by atoms with Gasteiger partial charge in [0.1, 0.15) is 19.8 Å². The first-order valence-corrected chi connectivity index (χ1v) is 22.9. The normalized spacial score (nSPS) is 14.7. The number of hydrogen-bond acceptors (Lipinski definition) is 9. The molecule has 0 aliphatic heterocycles. The zero-order valence-electron chi connectivity index (χ0n) is 35.5. The second kappa shape index (κ2) is 36.3. The van der Waals surface area contributed by atoms with Gasteiger partial charge in [-0.15, -0.1) is 0 Å². The summed E-state index contributed by atoms with van der Waals surface area (Å²) in [6, 6.07) is 0. The van der Waals surface area contributed by atoms with Crippen LogP contribution in [0.1, 0.15) is 162 Å². The molecule has 55 heavy (non-hydrogen) atoms. The smallest absolute Gasteiger partial charge is 0.306 e. The van der Waals surface area contributed by atoms with E-state index in [9.17, 15) is 24.2 Å². The number of unbranched alkanes of at least 4 members (excludes halogenated alkanes) is 15. The van der Waals surface area contributed by atoms with Crippen LogP contribution in [0.4, 0.5) is 0 Å². The fourth-order valence-electron chi connectivity index (χ4n) is 5.52. The Morgan fingerprint density at radius 2 is 1.22 bits per heavy atom. The Morgan fingerprint density at radius 1 is 0.673 bits per heavy atom. The van der Waals surface area contributed by atoms with Gasteiger partial charge in [-0.3, -0.25) is 14.2 Å². The number of quaternary nitrogens is 1. The number of rotatable bonds is 38. The Kier molecular flexibility index (Phi) is 34.9. The van der Waals surface area contributed by atoms with Crippen molar-refractivity contribution in [2.75, 3.05) is 47.5 Å². The van der Waals surface area contributed by atoms with Crippen LogP contribution in [0.15, 0.2) is 48.6 Å². The van der Waals surface area contributed by atoms with E-state index in [-0.39, 0.29) is 26.1 Å². The standard InChI is InChI=1S/C44H80NO9P/c1-6-8-10-12-14-16-18-20-22-24-26-28-30-33-41(46)34-32-36-44(48)54-42(40-53-55(49,50)52-38-37-45(3,4)5)39-51-43(47)35-31-29-27-25-23-21-19-17-15-13-11-9-7-2/h14,16,20,22,26,28,30,33,41-42,46H,6-13,15,17-19,21,23-25,27,29,31-32,34-40H2,1-5H3/b16-14-,22-20-,28-26-,33-30+/t41-,42+/m0/s1. The number of carbonyl (C=O) groups is 2. The van der Waals surface area contributed by atoms with Crippen molar-refractivity contribution >= 4 is 19.8 Å². The van der Waals surface area contributed by atoms with E-state index < -0.39 is 38.6 Å². The maximum Gasteiger partial charge on any atom is 0.306 e. The number of nitrogens with zero attached hydrogens (tertiary/aromatic N) is 1. The third-order valence-electron chi connectivity index (χ3n) is 8.96. The molecule has 0 aromatic rings. The van der Waals surface area contributed by atoms with Gasteiger partial charge in [0.25, 0.3) is 7.82 Å². The molecule has 0 fully saturated rings. The third-order valence-corrected chi connectivity index (χ3v) is 9.92. The van der Waals surface area contributed by atoms with E-state index in [1.807, 2.05) is 33.3 Å². The Labute approximate surface area is 336 Å². The average molecular weight is 798 g/mol. The van der Waals surface area contributed by atoms with Crippen molar-refractivity contribution in [3.8, 4) is 0 Å². The van der Waals surface area contributed by atoms with Gasteiger partial charge in [0.05, 0.1) is 33.9 Å². The molecular weight excluding hydrogens is 717 g/mol. The number of aliphatic hydroxyl groups excluding tert-OH is 1. The molecule has 1 unspecified atom stereocenters. The van der Waals surface area contributed by atoms with Crippen molar-refractivity contribution in [1.82, 2.24) is 0 Å². The SMILES string of the molecule is CCCCC/C=C\C/C=C\C/C=C\C=C\[C@H](O)CCCC(=O)O[C@H](COC(=O)CCCCCCCCCCCCCCC)COP(=O)([O-])OCC[N+](C)(C)C. The maximum absolute atomic E-state index is 12.7. The molecule has 0 aromatic carbocycles. The third kappa shape index (κ3) is 39.9. The summed E-state index contributed by atoms with van der Waals surface area (Å²) in [6.07, 6.45) is 37.4. The van der Waals surface area contributed by atoms with Crippen molar-refractivity contribution in [2.24, 2.45) is 0 Å². The fourth-order valence-corrected chi connectivity index (χ4v) is 6.25. The summed E-state index contributed by atoms with van der Waals surface area (Å²) in [4.78, 5) is 37.5. The molecule has 0 radical (unpaired) electrons. The zero-order chi connectivity index (χ0) is 40.9. The van der Waals surface area contributed by atoms with Crippen molar-refractivity contribution in [3.63, 3.8) is 0 Å². The highest BCUT2D eigenvalue weighted by Gasteiger charge is 2.22. The molecule has 0 saturated heterocycles. The van der Waals surface area contributed by atoms with Gasteiger partial charge in [-0.25, -0.2) is 0 Å². The van der Waals surface area contributed by atoms with E-state index in [2.05, 4.69) is 38.2 Å². The molecule has 1 N–H and O–H groups in total. The van der Waals surface area contributed by atoms with Gasteiger partial charge in [0.15, 0.2) is 6.10 Å². The van der Waals surface area contributed by atoms with E-state index in [1.165, 1.54) is 77.0 Å². The van der Waals surface area contributed by atoms with Crippen molar-refractivity contribution in [3.05, 3.63) is 48.6 Å². The first-order valence-electron chi connectivity index (χ1n) is 21.5. The Bertz CT molecular complexity index is 1100. The van der Waals surface area contributed by atoms with Gasteiger partial charge < -0.3 is 33.0 Å². The summed E-state index contributed by atoms with van der Waals surface area (Å²) >= 11 is 0. The molecule has 3 atom stereocenters. The molecule has 0 aromatic heterocycles. The minimum absolute atomic E-state index is 0.00295. The van der Waals surface area contributed by atoms with E-state index in [4.69, 9.17) is 18.5 Å². The second-order valence-electron chi connectivity index (χ2n) is 15.6. The van der Waals surface area contributed by atoms with Crippen LogP contribution in [0.25, 0.3) is 0 Å². The fraction of sp³-hybridized carbons (Fsp3) is 0.773. The van der Waals surface area contributed by atoms with Gasteiger partial charge in [0, 0.05) is 12.8 Å². The van der Waals surface area contributed by atoms with Gasteiger partial charge in [0.2, 0.25) is 0 Å². The number of allylic oxidation sites excluding steroid dienone is 7. The molecule has 11 heteroatoms. The number of carbonyl (C=O) groups excluding carboxylic acids is 2. The van der Waals surface area contributed by atoms with Crippen LogP contribution >= 0.6 is 7.82 Å². The number of hydrogen-bond donors (Lipinski definition) is 1. The lowest BCUT2D eigenvalue weighted by Crippen LogP contribution is -2.37. The molecule has 0 heterocycles. The molecular formula is C44H80NO9P. The number of ether oxygens (including phenoxy) is 2. The number of esters is 2. The van der Waals surface area contributed by atoms with E-state index >= 15 is 0 Å². The van der Waals surface area contributed by atoms with Crippen LogP contribution in [0, 0.1) is 0 Å². The van der Waals surface area contributed by atoms with Crippen molar-refractivity contribution in [2.45, 2.75) is 174 Å². The van der Waals surface area contributed by atoms with E-state index in [0.29, 0.717) is 30.3 Å². The predicted molar refractivity (Wildman–Crippen MR) is 223 cm³/mol. The summed E-state index contributed by atoms with van der Waals surface area (Å²) < 4.78 is 33.7. The van der Waals surface area contributed by atoms with Gasteiger partial charge >= 0.3 is 11.9 Å². The van der Waals surface area contributed by atoms with Crippen LogP contribution in [-0.2, 0) is 32.7 Å². The molecule has 0 aliphatic carbocycles. The molecule has 0 bridgehead atoms. The van der Waals surface area contributed by atoms with Crippen LogP contribution < -0.4 is 4.89 Å². The molecule has 0 aliphatic rings. The van der Waals surface area contributed by atoms with Crippen LogP contribution in [-0.4, -0.2) is 81.2 Å². The highest BCUT2D eigenvalue weighted by molar-refractivity contribution is 7.45.